The van der Waals surface area contributed by atoms with Crippen LogP contribution in [-0.4, -0.2) is 0 Å². The molecule has 1 nitrogen and oxygen atoms in total. The van der Waals surface area contributed by atoms with Crippen molar-refractivity contribution in [3.05, 3.63) is 169 Å². The van der Waals surface area contributed by atoms with Crippen LogP contribution in [0.4, 0.5) is 17.1 Å². The molecule has 0 aliphatic carbocycles. The maximum Gasteiger partial charge on any atom is 0.0462 e. The Hall–Kier alpha value is -5.14. The van der Waals surface area contributed by atoms with Crippen molar-refractivity contribution < 1.29 is 0 Å². The van der Waals surface area contributed by atoms with Gasteiger partial charge in [-0.25, -0.2) is 0 Å². The number of nitrogens with zero attached hydrogens (tertiary/aromatic N) is 1. The van der Waals surface area contributed by atoms with E-state index in [1.165, 1.54) is 44.5 Å². The summed E-state index contributed by atoms with van der Waals surface area (Å²) in [4.78, 5) is 2.34. The molecular weight excluding hydrogens is 567 g/mol. The minimum atomic E-state index is 0.138. The fraction of sp³-hybridized carbons (Fsp3) is 0.174. The van der Waals surface area contributed by atoms with Gasteiger partial charge in [0.1, 0.15) is 0 Å². The van der Waals surface area contributed by atoms with Crippen LogP contribution >= 0.6 is 0 Å². The quantitative estimate of drug-likeness (QED) is 0.174. The Morgan fingerprint density at radius 1 is 0.362 bits per heavy atom. The summed E-state index contributed by atoms with van der Waals surface area (Å²) in [6.45, 7) is 17.4. The summed E-state index contributed by atoms with van der Waals surface area (Å²) in [7, 11) is 0. The van der Waals surface area contributed by atoms with Gasteiger partial charge in [0.05, 0.1) is 0 Å². The van der Waals surface area contributed by atoms with Gasteiger partial charge in [-0.1, -0.05) is 163 Å². The zero-order chi connectivity index (χ0) is 33.2. The fourth-order valence-corrected chi connectivity index (χ4v) is 5.99. The molecule has 0 aliphatic heterocycles. The molecule has 47 heavy (non-hydrogen) atoms. The molecule has 0 unspecified atom stereocenters. The summed E-state index contributed by atoms with van der Waals surface area (Å²) < 4.78 is 0. The number of hydrogen-bond donors (Lipinski definition) is 0. The number of benzene rings is 6. The fourth-order valence-electron chi connectivity index (χ4n) is 5.99. The van der Waals surface area contributed by atoms with E-state index in [-0.39, 0.29) is 10.8 Å². The Kier molecular flexibility index (Phi) is 8.76. The maximum absolute atomic E-state index is 3.89. The summed E-state index contributed by atoms with van der Waals surface area (Å²) in [5, 5.41) is 0. The van der Waals surface area contributed by atoms with Crippen molar-refractivity contribution in [3.8, 4) is 33.4 Å². The minimum absolute atomic E-state index is 0.138. The van der Waals surface area contributed by atoms with E-state index in [4.69, 9.17) is 0 Å². The van der Waals surface area contributed by atoms with Crippen molar-refractivity contribution in [2.24, 2.45) is 0 Å². The molecule has 0 N–H and O–H groups in total. The first-order chi connectivity index (χ1) is 22.5. The number of anilines is 3. The topological polar surface area (TPSA) is 3.24 Å². The van der Waals surface area contributed by atoms with Crippen LogP contribution in [0.15, 0.2) is 152 Å². The highest BCUT2D eigenvalue weighted by Crippen LogP contribution is 2.38. The average molecular weight is 612 g/mol. The van der Waals surface area contributed by atoms with Crippen molar-refractivity contribution in [3.63, 3.8) is 0 Å². The lowest BCUT2D eigenvalue weighted by molar-refractivity contribution is 0.590. The standard InChI is InChI=1S/C46H45N/c1-8-33-9-11-34(12-10-33)37-17-27-42(28-18-37)47(43-29-19-38(20-30-43)35-13-23-40(24-14-35)45(2,3)4)44-31-21-39(22-32-44)36-15-25-41(26-16-36)46(5,6)7/h8-32H,1H2,2-7H3. The molecule has 1 heteroatoms. The molecule has 0 saturated heterocycles. The van der Waals surface area contributed by atoms with Crippen molar-refractivity contribution in [2.45, 2.75) is 52.4 Å². The van der Waals surface area contributed by atoms with Crippen LogP contribution in [-0.2, 0) is 10.8 Å². The normalized spacial score (nSPS) is 11.7. The minimum Gasteiger partial charge on any atom is -0.311 e. The maximum atomic E-state index is 3.89. The zero-order valence-electron chi connectivity index (χ0n) is 28.6. The molecule has 0 bridgehead atoms. The molecule has 0 atom stereocenters. The molecule has 0 aromatic heterocycles. The Labute approximate surface area is 281 Å². The average Bonchev–Trinajstić information content (AvgIpc) is 3.09. The molecule has 0 saturated carbocycles. The Morgan fingerprint density at radius 3 is 0.830 bits per heavy atom. The van der Waals surface area contributed by atoms with Crippen LogP contribution < -0.4 is 4.90 Å². The lowest BCUT2D eigenvalue weighted by Gasteiger charge is -2.26. The molecule has 0 radical (unpaired) electrons. The van der Waals surface area contributed by atoms with Gasteiger partial charge < -0.3 is 4.90 Å². The van der Waals surface area contributed by atoms with Crippen LogP contribution in [0.2, 0.25) is 0 Å². The van der Waals surface area contributed by atoms with Gasteiger partial charge in [-0.3, -0.25) is 0 Å². The van der Waals surface area contributed by atoms with Crippen LogP contribution in [0, 0.1) is 0 Å². The summed E-state index contributed by atoms with van der Waals surface area (Å²) in [5.41, 5.74) is 14.7. The van der Waals surface area contributed by atoms with Gasteiger partial charge in [0.25, 0.3) is 0 Å². The number of rotatable bonds is 7. The van der Waals surface area contributed by atoms with Gasteiger partial charge in [0.2, 0.25) is 0 Å². The van der Waals surface area contributed by atoms with E-state index in [1.807, 2.05) is 6.08 Å². The van der Waals surface area contributed by atoms with E-state index in [2.05, 4.69) is 199 Å². The van der Waals surface area contributed by atoms with Crippen LogP contribution in [0.3, 0.4) is 0 Å². The molecule has 0 amide bonds. The Bertz CT molecular complexity index is 1830. The van der Waals surface area contributed by atoms with Crippen molar-refractivity contribution in [2.75, 3.05) is 4.90 Å². The third-order valence-corrected chi connectivity index (χ3v) is 9.02. The second-order valence-electron chi connectivity index (χ2n) is 14.5. The zero-order valence-corrected chi connectivity index (χ0v) is 28.6. The van der Waals surface area contributed by atoms with Gasteiger partial charge in [-0.15, -0.1) is 0 Å². The molecule has 6 aromatic rings. The Morgan fingerprint density at radius 2 is 0.596 bits per heavy atom. The molecule has 0 heterocycles. The molecule has 0 aliphatic rings. The van der Waals surface area contributed by atoms with Crippen molar-refractivity contribution >= 4 is 23.1 Å². The highest BCUT2D eigenvalue weighted by molar-refractivity contribution is 5.81. The molecule has 0 fully saturated rings. The lowest BCUT2D eigenvalue weighted by atomic mass is 9.86. The second kappa shape index (κ2) is 12.9. The molecule has 234 valence electrons. The second-order valence-corrected chi connectivity index (χ2v) is 14.5. The van der Waals surface area contributed by atoms with Gasteiger partial charge in [-0.2, -0.15) is 0 Å². The first-order valence-corrected chi connectivity index (χ1v) is 16.5. The highest BCUT2D eigenvalue weighted by atomic mass is 15.1. The van der Waals surface area contributed by atoms with Gasteiger partial charge in [-0.05, 0) is 97.3 Å². The Balaban J connectivity index is 1.34. The predicted octanol–water partition coefficient (Wildman–Crippen LogP) is 13.4. The summed E-state index contributed by atoms with van der Waals surface area (Å²) in [6.07, 6.45) is 1.88. The predicted molar refractivity (Wildman–Crippen MR) is 205 cm³/mol. The smallest absolute Gasteiger partial charge is 0.0462 e. The van der Waals surface area contributed by atoms with E-state index in [0.717, 1.165) is 22.6 Å². The van der Waals surface area contributed by atoms with Crippen molar-refractivity contribution in [1.29, 1.82) is 0 Å². The lowest BCUT2D eigenvalue weighted by Crippen LogP contribution is -2.10. The van der Waals surface area contributed by atoms with Gasteiger partial charge in [0.15, 0.2) is 0 Å². The first kappa shape index (κ1) is 31.8. The SMILES string of the molecule is C=Cc1ccc(-c2ccc(N(c3ccc(-c4ccc(C(C)(C)C)cc4)cc3)c3ccc(-c4ccc(C(C)(C)C)cc4)cc3)cc2)cc1. The van der Waals surface area contributed by atoms with E-state index in [9.17, 15) is 0 Å². The highest BCUT2D eigenvalue weighted by Gasteiger charge is 2.16. The molecule has 6 aromatic carbocycles. The van der Waals surface area contributed by atoms with Gasteiger partial charge in [0, 0.05) is 17.1 Å². The van der Waals surface area contributed by atoms with E-state index in [1.54, 1.807) is 0 Å². The number of hydrogen-bond acceptors (Lipinski definition) is 1. The molecular formula is C46H45N. The van der Waals surface area contributed by atoms with Crippen LogP contribution in [0.25, 0.3) is 39.5 Å². The largest absolute Gasteiger partial charge is 0.311 e. The third kappa shape index (κ3) is 7.16. The first-order valence-electron chi connectivity index (χ1n) is 16.5. The molecule has 6 rings (SSSR count). The summed E-state index contributed by atoms with van der Waals surface area (Å²) in [5.74, 6) is 0. The third-order valence-electron chi connectivity index (χ3n) is 9.02. The molecule has 0 spiro atoms. The summed E-state index contributed by atoms with van der Waals surface area (Å²) in [6, 6.07) is 53.2. The van der Waals surface area contributed by atoms with E-state index >= 15 is 0 Å². The van der Waals surface area contributed by atoms with Gasteiger partial charge >= 0.3 is 0 Å². The van der Waals surface area contributed by atoms with Crippen molar-refractivity contribution in [1.82, 2.24) is 0 Å². The monoisotopic (exact) mass is 611 g/mol. The summed E-state index contributed by atoms with van der Waals surface area (Å²) >= 11 is 0. The van der Waals surface area contributed by atoms with E-state index in [0.29, 0.717) is 0 Å². The van der Waals surface area contributed by atoms with E-state index < -0.39 is 0 Å². The van der Waals surface area contributed by atoms with Crippen LogP contribution in [0.1, 0.15) is 58.2 Å². The van der Waals surface area contributed by atoms with Crippen LogP contribution in [0.5, 0.6) is 0 Å².